The Morgan fingerprint density at radius 1 is 1.41 bits per heavy atom. The van der Waals surface area contributed by atoms with Crippen LogP contribution in [0.25, 0.3) is 11.0 Å². The first-order valence-electron chi connectivity index (χ1n) is 7.10. The summed E-state index contributed by atoms with van der Waals surface area (Å²) in [6, 6.07) is 6.39. The number of aryl methyl sites for hydroxylation is 1. The number of hydrogen-bond acceptors (Lipinski definition) is 3. The molecule has 1 fully saturated rings. The van der Waals surface area contributed by atoms with Crippen LogP contribution in [0.1, 0.15) is 30.7 Å². The molecule has 1 aromatic heterocycles. The van der Waals surface area contributed by atoms with Crippen LogP contribution in [0.5, 0.6) is 0 Å². The second-order valence-electron chi connectivity index (χ2n) is 5.69. The van der Waals surface area contributed by atoms with Gasteiger partial charge in [-0.25, -0.2) is 4.98 Å². The monoisotopic (exact) mass is 344 g/mol. The Morgan fingerprint density at radius 3 is 2.86 bits per heavy atom. The van der Waals surface area contributed by atoms with E-state index in [2.05, 4.69) is 15.3 Å². The Balaban J connectivity index is 0.00000121. The summed E-state index contributed by atoms with van der Waals surface area (Å²) in [7, 11) is 0. The molecule has 22 heavy (non-hydrogen) atoms. The molecule has 3 rings (SSSR count). The number of rotatable bonds is 3. The van der Waals surface area contributed by atoms with Crippen LogP contribution < -0.4 is 11.1 Å². The molecule has 1 aromatic carbocycles. The minimum Gasteiger partial charge on any atom is -0.353 e. The van der Waals surface area contributed by atoms with Crippen molar-refractivity contribution >= 4 is 41.8 Å². The van der Waals surface area contributed by atoms with Crippen molar-refractivity contribution in [3.8, 4) is 0 Å². The molecule has 1 saturated carbocycles. The number of halogens is 2. The van der Waals surface area contributed by atoms with Gasteiger partial charge in [-0.05, 0) is 43.9 Å². The molecule has 0 aliphatic heterocycles. The lowest BCUT2D eigenvalue weighted by molar-refractivity contribution is -0.121. The number of hydrogen-bond donors (Lipinski definition) is 3. The minimum atomic E-state index is 0. The minimum absolute atomic E-state index is 0. The predicted molar refractivity (Wildman–Crippen MR) is 92.8 cm³/mol. The quantitative estimate of drug-likeness (QED) is 0.798. The average molecular weight is 345 g/mol. The number of carbonyl (C=O) groups excluding carboxylic acids is 1. The highest BCUT2D eigenvalue weighted by Crippen LogP contribution is 2.18. The first kappa shape index (κ1) is 18.7. The molecule has 1 aliphatic rings. The lowest BCUT2D eigenvalue weighted by atomic mass is 10.1. The van der Waals surface area contributed by atoms with Crippen molar-refractivity contribution in [1.29, 1.82) is 0 Å². The molecule has 7 heteroatoms. The number of aromatic nitrogens is 2. The summed E-state index contributed by atoms with van der Waals surface area (Å²) >= 11 is 0. The van der Waals surface area contributed by atoms with Crippen molar-refractivity contribution in [2.45, 2.75) is 44.7 Å². The van der Waals surface area contributed by atoms with Gasteiger partial charge in [-0.2, -0.15) is 0 Å². The van der Waals surface area contributed by atoms with Gasteiger partial charge in [0.25, 0.3) is 0 Å². The molecule has 0 unspecified atom stereocenters. The Bertz CT molecular complexity index is 644. The molecule has 0 radical (unpaired) electrons. The number of benzene rings is 1. The number of H-pyrrole nitrogens is 1. The zero-order valence-corrected chi connectivity index (χ0v) is 14.1. The van der Waals surface area contributed by atoms with E-state index in [0.717, 1.165) is 41.7 Å². The van der Waals surface area contributed by atoms with Gasteiger partial charge in [0.15, 0.2) is 0 Å². The molecule has 2 aromatic rings. The van der Waals surface area contributed by atoms with E-state index in [1.807, 2.05) is 25.1 Å². The number of nitrogens with one attached hydrogen (secondary N) is 2. The maximum atomic E-state index is 12.0. The first-order valence-corrected chi connectivity index (χ1v) is 7.10. The summed E-state index contributed by atoms with van der Waals surface area (Å²) < 4.78 is 0. The van der Waals surface area contributed by atoms with Crippen molar-refractivity contribution in [2.75, 3.05) is 0 Å². The van der Waals surface area contributed by atoms with Crippen LogP contribution in [-0.2, 0) is 11.2 Å². The summed E-state index contributed by atoms with van der Waals surface area (Å²) in [5.74, 6) is 0.959. The molecule has 122 valence electrons. The van der Waals surface area contributed by atoms with Crippen molar-refractivity contribution in [3.63, 3.8) is 0 Å². The van der Waals surface area contributed by atoms with Crippen LogP contribution in [0.4, 0.5) is 0 Å². The highest BCUT2D eigenvalue weighted by Gasteiger charge is 2.22. The van der Waals surface area contributed by atoms with Gasteiger partial charge < -0.3 is 16.0 Å². The molecule has 0 bridgehead atoms. The predicted octanol–water partition coefficient (Wildman–Crippen LogP) is 2.25. The van der Waals surface area contributed by atoms with E-state index in [0.29, 0.717) is 6.42 Å². The standard InChI is InChI=1S/C15H20N4O.2ClH/c1-9-17-13-5-2-10(6-14(13)18-9)7-15(20)19-12-4-3-11(16)8-12;;/h2,5-6,11-12H,3-4,7-8,16H2,1H3,(H,17,18)(H,19,20);2*1H/t11-,12-;;/m1../s1. The van der Waals surface area contributed by atoms with E-state index >= 15 is 0 Å². The summed E-state index contributed by atoms with van der Waals surface area (Å²) in [5.41, 5.74) is 8.78. The van der Waals surface area contributed by atoms with Gasteiger partial charge in [-0.3, -0.25) is 4.79 Å². The van der Waals surface area contributed by atoms with Crippen LogP contribution in [0, 0.1) is 6.92 Å². The molecule has 5 nitrogen and oxygen atoms in total. The number of nitrogens with zero attached hydrogens (tertiary/aromatic N) is 1. The zero-order valence-electron chi connectivity index (χ0n) is 12.5. The van der Waals surface area contributed by atoms with E-state index < -0.39 is 0 Å². The lowest BCUT2D eigenvalue weighted by Gasteiger charge is -2.12. The number of aromatic amines is 1. The van der Waals surface area contributed by atoms with Gasteiger partial charge in [0.1, 0.15) is 5.82 Å². The van der Waals surface area contributed by atoms with Crippen LogP contribution in [0.3, 0.4) is 0 Å². The van der Waals surface area contributed by atoms with Crippen molar-refractivity contribution in [1.82, 2.24) is 15.3 Å². The molecule has 0 spiro atoms. The number of nitrogens with two attached hydrogens (primary N) is 1. The second-order valence-corrected chi connectivity index (χ2v) is 5.69. The highest BCUT2D eigenvalue weighted by molar-refractivity contribution is 5.85. The maximum Gasteiger partial charge on any atom is 0.224 e. The molecule has 4 N–H and O–H groups in total. The van der Waals surface area contributed by atoms with Gasteiger partial charge >= 0.3 is 0 Å². The third-order valence-electron chi connectivity index (χ3n) is 3.87. The fourth-order valence-electron chi connectivity index (χ4n) is 2.91. The molecule has 1 heterocycles. The van der Waals surface area contributed by atoms with Gasteiger partial charge in [-0.15, -0.1) is 24.8 Å². The SMILES string of the molecule is Cc1nc2ccc(CC(=O)N[C@@H]3CC[C@@H](N)C3)cc2[nH]1.Cl.Cl. The van der Waals surface area contributed by atoms with Gasteiger partial charge in [0.2, 0.25) is 5.91 Å². The van der Waals surface area contributed by atoms with Gasteiger partial charge in [-0.1, -0.05) is 6.07 Å². The van der Waals surface area contributed by atoms with E-state index in [9.17, 15) is 4.79 Å². The molecular formula is C15H22Cl2N4O. The number of carbonyl (C=O) groups is 1. The lowest BCUT2D eigenvalue weighted by Crippen LogP contribution is -2.35. The van der Waals surface area contributed by atoms with Crippen LogP contribution in [0.15, 0.2) is 18.2 Å². The number of amides is 1. The van der Waals surface area contributed by atoms with Crippen molar-refractivity contribution < 1.29 is 4.79 Å². The van der Waals surface area contributed by atoms with E-state index in [4.69, 9.17) is 5.73 Å². The molecule has 1 amide bonds. The Hall–Kier alpha value is -1.30. The second kappa shape index (κ2) is 7.81. The number of fused-ring (bicyclic) bond motifs is 1. The van der Waals surface area contributed by atoms with Crippen LogP contribution in [0.2, 0.25) is 0 Å². The average Bonchev–Trinajstić information content (AvgIpc) is 2.93. The van der Waals surface area contributed by atoms with Crippen LogP contribution in [-0.4, -0.2) is 28.0 Å². The molecule has 1 aliphatic carbocycles. The first-order chi connectivity index (χ1) is 9.60. The van der Waals surface area contributed by atoms with Crippen LogP contribution >= 0.6 is 24.8 Å². The fraction of sp³-hybridized carbons (Fsp3) is 0.467. The molecule has 0 saturated heterocycles. The third-order valence-corrected chi connectivity index (χ3v) is 3.87. The number of imidazole rings is 1. The third kappa shape index (κ3) is 4.35. The summed E-state index contributed by atoms with van der Waals surface area (Å²) in [6.07, 6.45) is 3.29. The Kier molecular flexibility index (Phi) is 6.66. The summed E-state index contributed by atoms with van der Waals surface area (Å²) in [5, 5.41) is 3.07. The van der Waals surface area contributed by atoms with E-state index in [-0.39, 0.29) is 42.8 Å². The molecular weight excluding hydrogens is 323 g/mol. The highest BCUT2D eigenvalue weighted by atomic mass is 35.5. The van der Waals surface area contributed by atoms with E-state index in [1.54, 1.807) is 0 Å². The van der Waals surface area contributed by atoms with Crippen molar-refractivity contribution in [3.05, 3.63) is 29.6 Å². The topological polar surface area (TPSA) is 83.8 Å². The Morgan fingerprint density at radius 2 is 2.18 bits per heavy atom. The maximum absolute atomic E-state index is 12.0. The summed E-state index contributed by atoms with van der Waals surface area (Å²) in [6.45, 7) is 1.93. The Labute approximate surface area is 142 Å². The fourth-order valence-corrected chi connectivity index (χ4v) is 2.91. The summed E-state index contributed by atoms with van der Waals surface area (Å²) in [4.78, 5) is 19.6. The van der Waals surface area contributed by atoms with Gasteiger partial charge in [0, 0.05) is 12.1 Å². The van der Waals surface area contributed by atoms with Crippen molar-refractivity contribution in [2.24, 2.45) is 5.73 Å². The smallest absolute Gasteiger partial charge is 0.224 e. The van der Waals surface area contributed by atoms with E-state index in [1.165, 1.54) is 0 Å². The normalized spacial score (nSPS) is 20.3. The molecule has 2 atom stereocenters. The largest absolute Gasteiger partial charge is 0.353 e. The van der Waals surface area contributed by atoms with Gasteiger partial charge in [0.05, 0.1) is 17.5 Å². The zero-order chi connectivity index (χ0) is 14.1.